The highest BCUT2D eigenvalue weighted by molar-refractivity contribution is 5.36. The fraction of sp³-hybridized carbons (Fsp3) is 0.400. The number of morpholine rings is 1. The van der Waals surface area contributed by atoms with Gasteiger partial charge in [-0.1, -0.05) is 0 Å². The van der Waals surface area contributed by atoms with E-state index in [0.29, 0.717) is 18.7 Å². The number of nitro groups is 1. The summed E-state index contributed by atoms with van der Waals surface area (Å²) in [5, 5.41) is 13.5. The van der Waals surface area contributed by atoms with Crippen LogP contribution < -0.4 is 5.32 Å². The van der Waals surface area contributed by atoms with E-state index in [1.807, 2.05) is 0 Å². The van der Waals surface area contributed by atoms with Gasteiger partial charge in [-0.3, -0.25) is 10.1 Å². The summed E-state index contributed by atoms with van der Waals surface area (Å²) >= 11 is 0. The van der Waals surface area contributed by atoms with Gasteiger partial charge in [0.05, 0.1) is 17.6 Å². The van der Waals surface area contributed by atoms with Crippen LogP contribution in [0.3, 0.4) is 0 Å². The van der Waals surface area contributed by atoms with Gasteiger partial charge in [0.25, 0.3) is 0 Å². The van der Waals surface area contributed by atoms with E-state index in [0.717, 1.165) is 12.6 Å². The Balaban J connectivity index is 2.23. The van der Waals surface area contributed by atoms with Crippen LogP contribution in [0.25, 0.3) is 0 Å². The molecule has 1 aromatic carbocycles. The lowest BCUT2D eigenvalue weighted by molar-refractivity contribution is -0.387. The molecule has 1 heterocycles. The van der Waals surface area contributed by atoms with Crippen molar-refractivity contribution in [2.24, 2.45) is 0 Å². The van der Waals surface area contributed by atoms with Gasteiger partial charge < -0.3 is 10.1 Å². The minimum atomic E-state index is -0.823. The molecule has 16 heavy (non-hydrogen) atoms. The zero-order chi connectivity index (χ0) is 11.5. The van der Waals surface area contributed by atoms with Crippen LogP contribution in [0.2, 0.25) is 0 Å². The molecular formula is C10H11FN2O3. The van der Waals surface area contributed by atoms with Crippen molar-refractivity contribution in [2.45, 2.75) is 6.10 Å². The topological polar surface area (TPSA) is 64.4 Å². The molecule has 5 nitrogen and oxygen atoms in total. The standard InChI is InChI=1S/C10H11FN2O3/c11-8-5-7(1-2-9(8)13(14)15)10-6-12-3-4-16-10/h1-2,5,10,12H,3-4,6H2. The van der Waals surface area contributed by atoms with Crippen LogP contribution in [0.4, 0.5) is 10.1 Å². The highest BCUT2D eigenvalue weighted by Gasteiger charge is 2.20. The van der Waals surface area contributed by atoms with Gasteiger partial charge in [0, 0.05) is 19.2 Å². The highest BCUT2D eigenvalue weighted by atomic mass is 19.1. The molecule has 1 aliphatic rings. The van der Waals surface area contributed by atoms with Crippen molar-refractivity contribution in [2.75, 3.05) is 19.7 Å². The molecule has 2 rings (SSSR count). The number of hydrogen-bond acceptors (Lipinski definition) is 4. The summed E-state index contributed by atoms with van der Waals surface area (Å²) in [7, 11) is 0. The van der Waals surface area contributed by atoms with Crippen LogP contribution in [-0.2, 0) is 4.74 Å². The summed E-state index contributed by atoms with van der Waals surface area (Å²) in [4.78, 5) is 9.69. The van der Waals surface area contributed by atoms with Crippen LogP contribution in [0.15, 0.2) is 18.2 Å². The fourth-order valence-corrected chi connectivity index (χ4v) is 1.65. The van der Waals surface area contributed by atoms with Crippen LogP contribution in [0, 0.1) is 15.9 Å². The molecule has 1 fully saturated rings. The van der Waals surface area contributed by atoms with Gasteiger partial charge in [0.15, 0.2) is 0 Å². The largest absolute Gasteiger partial charge is 0.371 e. The predicted molar refractivity (Wildman–Crippen MR) is 54.6 cm³/mol. The predicted octanol–water partition coefficient (Wildman–Crippen LogP) is 1.39. The number of rotatable bonds is 2. The van der Waals surface area contributed by atoms with Crippen LogP contribution in [-0.4, -0.2) is 24.6 Å². The van der Waals surface area contributed by atoms with E-state index >= 15 is 0 Å². The normalized spacial score (nSPS) is 20.7. The second-order valence-corrected chi connectivity index (χ2v) is 3.53. The van der Waals surface area contributed by atoms with Crippen molar-refractivity contribution in [3.63, 3.8) is 0 Å². The van der Waals surface area contributed by atoms with Gasteiger partial charge in [-0.05, 0) is 17.7 Å². The molecule has 0 aliphatic carbocycles. The number of nitrogens with one attached hydrogen (secondary N) is 1. The third kappa shape index (κ3) is 2.17. The Kier molecular flexibility index (Phi) is 3.12. The molecule has 0 spiro atoms. The Labute approximate surface area is 91.4 Å². The first-order valence-electron chi connectivity index (χ1n) is 4.94. The summed E-state index contributed by atoms with van der Waals surface area (Å²) in [5.41, 5.74) is 0.114. The summed E-state index contributed by atoms with van der Waals surface area (Å²) in [6.45, 7) is 1.92. The molecule has 1 saturated heterocycles. The first-order chi connectivity index (χ1) is 7.68. The van der Waals surface area contributed by atoms with E-state index in [9.17, 15) is 14.5 Å². The number of halogens is 1. The molecule has 1 atom stereocenters. The van der Waals surface area contributed by atoms with Crippen LogP contribution in [0.5, 0.6) is 0 Å². The van der Waals surface area contributed by atoms with Crippen LogP contribution >= 0.6 is 0 Å². The van der Waals surface area contributed by atoms with Crippen molar-refractivity contribution in [3.8, 4) is 0 Å². The lowest BCUT2D eigenvalue weighted by Gasteiger charge is -2.23. The van der Waals surface area contributed by atoms with E-state index in [-0.39, 0.29) is 6.10 Å². The fourth-order valence-electron chi connectivity index (χ4n) is 1.65. The quantitative estimate of drug-likeness (QED) is 0.611. The van der Waals surface area contributed by atoms with Crippen molar-refractivity contribution in [3.05, 3.63) is 39.7 Å². The smallest absolute Gasteiger partial charge is 0.304 e. The summed E-state index contributed by atoms with van der Waals surface area (Å²) in [6, 6.07) is 3.86. The van der Waals surface area contributed by atoms with E-state index in [2.05, 4.69) is 5.32 Å². The molecule has 1 unspecified atom stereocenters. The molecule has 1 aromatic rings. The molecule has 0 saturated carbocycles. The van der Waals surface area contributed by atoms with E-state index in [4.69, 9.17) is 4.74 Å². The van der Waals surface area contributed by atoms with Gasteiger partial charge >= 0.3 is 5.69 Å². The van der Waals surface area contributed by atoms with Crippen molar-refractivity contribution in [1.82, 2.24) is 5.32 Å². The summed E-state index contributed by atoms with van der Waals surface area (Å²) < 4.78 is 18.8. The Hall–Kier alpha value is -1.53. The number of ether oxygens (including phenoxy) is 1. The van der Waals surface area contributed by atoms with E-state index < -0.39 is 16.4 Å². The molecule has 6 heteroatoms. The van der Waals surface area contributed by atoms with Gasteiger partial charge in [-0.25, -0.2) is 0 Å². The van der Waals surface area contributed by atoms with Crippen molar-refractivity contribution < 1.29 is 14.1 Å². The maximum Gasteiger partial charge on any atom is 0.304 e. The first-order valence-corrected chi connectivity index (χ1v) is 4.94. The molecule has 0 aromatic heterocycles. The number of nitro benzene ring substituents is 1. The highest BCUT2D eigenvalue weighted by Crippen LogP contribution is 2.24. The molecule has 0 radical (unpaired) electrons. The Morgan fingerprint density at radius 2 is 2.38 bits per heavy atom. The number of nitrogens with zero attached hydrogens (tertiary/aromatic N) is 1. The molecule has 0 bridgehead atoms. The number of benzene rings is 1. The van der Waals surface area contributed by atoms with Gasteiger partial charge in [0.1, 0.15) is 0 Å². The summed E-state index contributed by atoms with van der Waals surface area (Å²) in [6.07, 6.45) is -0.232. The zero-order valence-electron chi connectivity index (χ0n) is 8.48. The zero-order valence-corrected chi connectivity index (χ0v) is 8.48. The maximum absolute atomic E-state index is 13.3. The second kappa shape index (κ2) is 4.54. The average Bonchev–Trinajstić information content (AvgIpc) is 2.29. The van der Waals surface area contributed by atoms with Crippen molar-refractivity contribution >= 4 is 5.69 Å². The van der Waals surface area contributed by atoms with Crippen LogP contribution in [0.1, 0.15) is 11.7 Å². The van der Waals surface area contributed by atoms with E-state index in [1.54, 1.807) is 0 Å². The Bertz CT molecular complexity index is 405. The van der Waals surface area contributed by atoms with Crippen molar-refractivity contribution in [1.29, 1.82) is 0 Å². The minimum Gasteiger partial charge on any atom is -0.371 e. The summed E-state index contributed by atoms with van der Waals surface area (Å²) in [5.74, 6) is -0.823. The SMILES string of the molecule is O=[N+]([O-])c1ccc(C2CNCCO2)cc1F. The average molecular weight is 226 g/mol. The lowest BCUT2D eigenvalue weighted by Crippen LogP contribution is -2.33. The minimum absolute atomic E-state index is 0.232. The molecule has 1 aliphatic heterocycles. The number of hydrogen-bond donors (Lipinski definition) is 1. The van der Waals surface area contributed by atoms with Gasteiger partial charge in [-0.2, -0.15) is 4.39 Å². The van der Waals surface area contributed by atoms with Gasteiger partial charge in [-0.15, -0.1) is 0 Å². The third-order valence-electron chi connectivity index (χ3n) is 2.47. The van der Waals surface area contributed by atoms with Gasteiger partial charge in [0.2, 0.25) is 5.82 Å². The second-order valence-electron chi connectivity index (χ2n) is 3.53. The Morgan fingerprint density at radius 1 is 1.56 bits per heavy atom. The molecule has 86 valence electrons. The molecule has 1 N–H and O–H groups in total. The monoisotopic (exact) mass is 226 g/mol. The van der Waals surface area contributed by atoms with E-state index in [1.165, 1.54) is 12.1 Å². The molecule has 0 amide bonds. The molecular weight excluding hydrogens is 215 g/mol. The lowest BCUT2D eigenvalue weighted by atomic mass is 10.1. The first kappa shape index (κ1) is 11.0. The third-order valence-corrected chi connectivity index (χ3v) is 2.47. The maximum atomic E-state index is 13.3. The Morgan fingerprint density at radius 3 is 2.94 bits per heavy atom.